The van der Waals surface area contributed by atoms with Gasteiger partial charge < -0.3 is 30.3 Å². The van der Waals surface area contributed by atoms with Gasteiger partial charge in [0.25, 0.3) is 0 Å². The smallest absolute Gasteiger partial charge is 0.409 e. The van der Waals surface area contributed by atoms with Crippen molar-refractivity contribution in [1.82, 2.24) is 0 Å². The predicted octanol–water partition coefficient (Wildman–Crippen LogP) is -0.709. The van der Waals surface area contributed by atoms with Gasteiger partial charge in [-0.25, -0.2) is 4.79 Å². The first kappa shape index (κ1) is 15.7. The molecule has 1 aromatic rings. The number of carboxylic acid groups (broad SMARTS) is 1. The van der Waals surface area contributed by atoms with E-state index in [9.17, 15) is 20.1 Å². The Kier molecular flexibility index (Phi) is 4.76. The third-order valence-corrected chi connectivity index (χ3v) is 3.38. The molecule has 8 heteroatoms. The van der Waals surface area contributed by atoms with Crippen LogP contribution in [0.1, 0.15) is 11.7 Å². The summed E-state index contributed by atoms with van der Waals surface area (Å²) >= 11 is 0. The van der Waals surface area contributed by atoms with E-state index >= 15 is 0 Å². The van der Waals surface area contributed by atoms with Gasteiger partial charge >= 0.3 is 6.09 Å². The van der Waals surface area contributed by atoms with Gasteiger partial charge in [0, 0.05) is 5.69 Å². The molecular formula is C13H17NO7. The number of aliphatic hydroxyl groups is 4. The first-order valence-electron chi connectivity index (χ1n) is 6.34. The minimum absolute atomic E-state index is 0.343. The van der Waals surface area contributed by atoms with Crippen molar-refractivity contribution < 1.29 is 35.1 Å². The summed E-state index contributed by atoms with van der Waals surface area (Å²) in [6, 6.07) is 6.01. The van der Waals surface area contributed by atoms with Crippen LogP contribution in [0.25, 0.3) is 0 Å². The molecule has 0 aromatic heterocycles. The molecule has 0 unspecified atom stereocenters. The molecule has 1 aromatic carbocycles. The van der Waals surface area contributed by atoms with Gasteiger partial charge in [-0.3, -0.25) is 5.32 Å². The standard InChI is InChI=1S/C13H17NO7/c15-5-8-9(16)10(17)11(18)12(21-8)6-1-3-7(4-2-6)14-13(19)20/h1-4,8-12,14-18H,5H2,(H,19,20)/t8-,9+,10+,11-,12-/m1/s1. The van der Waals surface area contributed by atoms with Crippen LogP contribution in [0.15, 0.2) is 24.3 Å². The first-order valence-corrected chi connectivity index (χ1v) is 6.34. The number of carbonyl (C=O) groups is 1. The SMILES string of the molecule is O=C(O)Nc1ccc([C@H]2O[C@H](CO)[C@H](O)[C@H](O)[C@H]2O)cc1. The number of rotatable bonds is 3. The maximum Gasteiger partial charge on any atom is 0.409 e. The van der Waals surface area contributed by atoms with Crippen LogP contribution in [-0.4, -0.2) is 62.6 Å². The number of ether oxygens (including phenoxy) is 1. The van der Waals surface area contributed by atoms with Crippen molar-refractivity contribution in [3.05, 3.63) is 29.8 Å². The molecule has 5 atom stereocenters. The Bertz CT molecular complexity index is 490. The van der Waals surface area contributed by atoms with Crippen molar-refractivity contribution in [3.63, 3.8) is 0 Å². The van der Waals surface area contributed by atoms with Crippen molar-refractivity contribution in [2.75, 3.05) is 11.9 Å². The second-order valence-corrected chi connectivity index (χ2v) is 4.80. The second-order valence-electron chi connectivity index (χ2n) is 4.80. The lowest BCUT2D eigenvalue weighted by molar-refractivity contribution is -0.231. The van der Waals surface area contributed by atoms with Crippen molar-refractivity contribution >= 4 is 11.8 Å². The Balaban J connectivity index is 2.18. The largest absolute Gasteiger partial charge is 0.465 e. The average Bonchev–Trinajstić information content (AvgIpc) is 2.46. The van der Waals surface area contributed by atoms with Crippen molar-refractivity contribution in [1.29, 1.82) is 0 Å². The van der Waals surface area contributed by atoms with Crippen molar-refractivity contribution in [2.45, 2.75) is 30.5 Å². The Morgan fingerprint density at radius 1 is 1.10 bits per heavy atom. The minimum atomic E-state index is -1.45. The van der Waals surface area contributed by atoms with Crippen LogP contribution in [0.2, 0.25) is 0 Å². The highest BCUT2D eigenvalue weighted by atomic mass is 16.5. The number of amides is 1. The van der Waals surface area contributed by atoms with Crippen LogP contribution in [0, 0.1) is 0 Å². The number of anilines is 1. The molecule has 116 valence electrons. The maximum atomic E-state index is 10.5. The third kappa shape index (κ3) is 3.31. The lowest BCUT2D eigenvalue weighted by atomic mass is 9.91. The monoisotopic (exact) mass is 299 g/mol. The Morgan fingerprint density at radius 2 is 1.71 bits per heavy atom. The molecule has 0 aliphatic carbocycles. The summed E-state index contributed by atoms with van der Waals surface area (Å²) in [5, 5.41) is 49.3. The Labute approximate surface area is 120 Å². The zero-order valence-electron chi connectivity index (χ0n) is 11.0. The van der Waals surface area contributed by atoms with Gasteiger partial charge in [-0.1, -0.05) is 12.1 Å². The Hall–Kier alpha value is -1.71. The summed E-state index contributed by atoms with van der Waals surface area (Å²) < 4.78 is 5.39. The van der Waals surface area contributed by atoms with Gasteiger partial charge in [-0.2, -0.15) is 0 Å². The number of hydrogen-bond donors (Lipinski definition) is 6. The maximum absolute atomic E-state index is 10.5. The van der Waals surface area contributed by atoms with Crippen LogP contribution in [-0.2, 0) is 4.74 Å². The quantitative estimate of drug-likeness (QED) is 0.433. The fourth-order valence-corrected chi connectivity index (χ4v) is 2.26. The molecule has 0 radical (unpaired) electrons. The molecular weight excluding hydrogens is 282 g/mol. The summed E-state index contributed by atoms with van der Waals surface area (Å²) in [4.78, 5) is 10.5. The lowest BCUT2D eigenvalue weighted by Gasteiger charge is -2.40. The van der Waals surface area contributed by atoms with E-state index in [2.05, 4.69) is 5.32 Å². The van der Waals surface area contributed by atoms with E-state index in [1.165, 1.54) is 24.3 Å². The molecule has 21 heavy (non-hydrogen) atoms. The van der Waals surface area contributed by atoms with E-state index in [-0.39, 0.29) is 0 Å². The second kappa shape index (κ2) is 6.37. The van der Waals surface area contributed by atoms with Crippen LogP contribution >= 0.6 is 0 Å². The van der Waals surface area contributed by atoms with E-state index in [1.54, 1.807) is 0 Å². The number of hydrogen-bond acceptors (Lipinski definition) is 6. The summed E-state index contributed by atoms with van der Waals surface area (Å²) in [5.41, 5.74) is 0.832. The molecule has 0 bridgehead atoms. The van der Waals surface area contributed by atoms with Gasteiger partial charge in [-0.15, -0.1) is 0 Å². The zero-order valence-corrected chi connectivity index (χ0v) is 11.0. The van der Waals surface area contributed by atoms with E-state index in [0.29, 0.717) is 11.3 Å². The topological polar surface area (TPSA) is 139 Å². The van der Waals surface area contributed by atoms with E-state index < -0.39 is 43.2 Å². The fourth-order valence-electron chi connectivity index (χ4n) is 2.26. The molecule has 1 aliphatic heterocycles. The first-order chi connectivity index (χ1) is 9.93. The molecule has 6 N–H and O–H groups in total. The van der Waals surface area contributed by atoms with E-state index in [4.69, 9.17) is 14.9 Å². The highest BCUT2D eigenvalue weighted by Crippen LogP contribution is 2.32. The van der Waals surface area contributed by atoms with Gasteiger partial charge in [0.1, 0.15) is 30.5 Å². The molecule has 0 saturated carbocycles. The predicted molar refractivity (Wildman–Crippen MR) is 70.8 cm³/mol. The summed E-state index contributed by atoms with van der Waals surface area (Å²) in [6.07, 6.45) is -7.33. The molecule has 2 rings (SSSR count). The normalized spacial score (nSPS) is 32.7. The van der Waals surface area contributed by atoms with E-state index in [1.807, 2.05) is 0 Å². The molecule has 1 amide bonds. The van der Waals surface area contributed by atoms with Gasteiger partial charge in [0.15, 0.2) is 0 Å². The van der Waals surface area contributed by atoms with Crippen molar-refractivity contribution in [3.8, 4) is 0 Å². The number of aliphatic hydroxyl groups excluding tert-OH is 4. The highest BCUT2D eigenvalue weighted by Gasteiger charge is 2.43. The highest BCUT2D eigenvalue weighted by molar-refractivity contribution is 5.82. The van der Waals surface area contributed by atoms with Gasteiger partial charge in [0.05, 0.1) is 6.61 Å². The number of benzene rings is 1. The van der Waals surface area contributed by atoms with Crippen LogP contribution in [0.3, 0.4) is 0 Å². The molecule has 1 saturated heterocycles. The number of nitrogens with one attached hydrogen (secondary N) is 1. The molecule has 1 fully saturated rings. The van der Waals surface area contributed by atoms with Crippen LogP contribution < -0.4 is 5.32 Å². The van der Waals surface area contributed by atoms with Crippen molar-refractivity contribution in [2.24, 2.45) is 0 Å². The fraction of sp³-hybridized carbons (Fsp3) is 0.462. The lowest BCUT2D eigenvalue weighted by Crippen LogP contribution is -2.55. The molecule has 8 nitrogen and oxygen atoms in total. The zero-order chi connectivity index (χ0) is 15.6. The minimum Gasteiger partial charge on any atom is -0.465 e. The molecule has 1 heterocycles. The van der Waals surface area contributed by atoms with E-state index in [0.717, 1.165) is 0 Å². The van der Waals surface area contributed by atoms with Crippen LogP contribution in [0.4, 0.5) is 10.5 Å². The summed E-state index contributed by atoms with van der Waals surface area (Å²) in [5.74, 6) is 0. The third-order valence-electron chi connectivity index (χ3n) is 3.38. The summed E-state index contributed by atoms with van der Waals surface area (Å²) in [6.45, 7) is -0.500. The average molecular weight is 299 g/mol. The molecule has 1 aliphatic rings. The molecule has 0 spiro atoms. The van der Waals surface area contributed by atoms with Crippen LogP contribution in [0.5, 0.6) is 0 Å². The Morgan fingerprint density at radius 3 is 2.24 bits per heavy atom. The summed E-state index contributed by atoms with van der Waals surface area (Å²) in [7, 11) is 0. The van der Waals surface area contributed by atoms with Gasteiger partial charge in [0.2, 0.25) is 0 Å². The van der Waals surface area contributed by atoms with Gasteiger partial charge in [-0.05, 0) is 17.7 Å².